The topological polar surface area (TPSA) is 60.4 Å². The molecule has 0 aromatic heterocycles. The van der Waals surface area contributed by atoms with Crippen molar-refractivity contribution in [2.75, 3.05) is 19.1 Å². The van der Waals surface area contributed by atoms with Crippen LogP contribution in [0.15, 0.2) is 0 Å². The van der Waals surface area contributed by atoms with Gasteiger partial charge in [0, 0.05) is 6.26 Å². The second kappa shape index (κ2) is 3.71. The third kappa shape index (κ3) is 4.78. The molecule has 0 rings (SSSR count). The molecule has 0 aromatic carbocycles. The summed E-state index contributed by atoms with van der Waals surface area (Å²) >= 11 is 0. The third-order valence-corrected chi connectivity index (χ3v) is 2.26. The molecule has 0 radical (unpaired) electrons. The summed E-state index contributed by atoms with van der Waals surface area (Å²) in [5, 5.41) is 0. The zero-order valence-electron chi connectivity index (χ0n) is 6.83. The van der Waals surface area contributed by atoms with E-state index in [9.17, 15) is 13.2 Å². The first-order valence-electron chi connectivity index (χ1n) is 3.12. The van der Waals surface area contributed by atoms with Gasteiger partial charge in [-0.2, -0.15) is 0 Å². The molecule has 66 valence electrons. The summed E-state index contributed by atoms with van der Waals surface area (Å²) in [5.74, 6) is -1.22. The van der Waals surface area contributed by atoms with Crippen LogP contribution in [0.25, 0.3) is 0 Å². The molecule has 1 atom stereocenters. The highest BCUT2D eigenvalue weighted by Gasteiger charge is 2.18. The number of esters is 1. The minimum atomic E-state index is -3.08. The van der Waals surface area contributed by atoms with Gasteiger partial charge in [-0.15, -0.1) is 0 Å². The summed E-state index contributed by atoms with van der Waals surface area (Å²) in [5.41, 5.74) is 0. The fraction of sp³-hybridized carbons (Fsp3) is 0.833. The number of ether oxygens (including phenoxy) is 1. The van der Waals surface area contributed by atoms with Gasteiger partial charge in [0.05, 0.1) is 18.8 Å². The number of carbonyl (C=O) groups is 1. The van der Waals surface area contributed by atoms with Gasteiger partial charge in [-0.1, -0.05) is 6.92 Å². The molecule has 0 aromatic rings. The zero-order chi connectivity index (χ0) is 9.07. The van der Waals surface area contributed by atoms with E-state index in [1.165, 1.54) is 14.0 Å². The van der Waals surface area contributed by atoms with Crippen molar-refractivity contribution in [1.82, 2.24) is 0 Å². The predicted octanol–water partition coefficient (Wildman–Crippen LogP) is -0.160. The van der Waals surface area contributed by atoms with Crippen molar-refractivity contribution < 1.29 is 17.9 Å². The van der Waals surface area contributed by atoms with E-state index in [0.29, 0.717) is 0 Å². The molecule has 0 heterocycles. The summed E-state index contributed by atoms with van der Waals surface area (Å²) in [6.45, 7) is 1.52. The fourth-order valence-electron chi connectivity index (χ4n) is 0.723. The summed E-state index contributed by atoms with van der Waals surface area (Å²) in [6.07, 6.45) is 1.09. The summed E-state index contributed by atoms with van der Waals surface area (Å²) in [4.78, 5) is 10.7. The van der Waals surface area contributed by atoms with Crippen molar-refractivity contribution in [2.24, 2.45) is 5.92 Å². The van der Waals surface area contributed by atoms with Crippen molar-refractivity contribution in [1.29, 1.82) is 0 Å². The molecule has 0 fully saturated rings. The Morgan fingerprint density at radius 3 is 2.27 bits per heavy atom. The number of hydrogen-bond donors (Lipinski definition) is 0. The highest BCUT2D eigenvalue weighted by molar-refractivity contribution is 7.90. The maximum absolute atomic E-state index is 10.7. The molecule has 0 amide bonds. The van der Waals surface area contributed by atoms with E-state index in [2.05, 4.69) is 4.74 Å². The molecule has 0 aliphatic heterocycles. The van der Waals surface area contributed by atoms with E-state index >= 15 is 0 Å². The first kappa shape index (κ1) is 10.4. The van der Waals surface area contributed by atoms with Crippen LogP contribution in [0.1, 0.15) is 6.92 Å². The summed E-state index contributed by atoms with van der Waals surface area (Å²) < 4.78 is 25.7. The van der Waals surface area contributed by atoms with Crippen LogP contribution in [0.2, 0.25) is 0 Å². The monoisotopic (exact) mass is 180 g/mol. The Labute approximate surface area is 66.5 Å². The standard InChI is InChI=1S/C6H12O4S/c1-5(6(7)10-2)4-11(3,8)9/h5H,4H2,1-3H3. The zero-order valence-corrected chi connectivity index (χ0v) is 7.64. The van der Waals surface area contributed by atoms with Crippen molar-refractivity contribution in [3.63, 3.8) is 0 Å². The molecule has 11 heavy (non-hydrogen) atoms. The van der Waals surface area contributed by atoms with Gasteiger partial charge in [0.15, 0.2) is 0 Å². The van der Waals surface area contributed by atoms with Crippen molar-refractivity contribution >= 4 is 15.8 Å². The Hall–Kier alpha value is -0.580. The molecule has 0 bridgehead atoms. The highest BCUT2D eigenvalue weighted by atomic mass is 32.2. The first-order chi connectivity index (χ1) is 4.87. The van der Waals surface area contributed by atoms with E-state index in [1.807, 2.05) is 0 Å². The van der Waals surface area contributed by atoms with E-state index in [0.717, 1.165) is 6.26 Å². The van der Waals surface area contributed by atoms with Crippen molar-refractivity contribution in [3.8, 4) is 0 Å². The van der Waals surface area contributed by atoms with E-state index < -0.39 is 21.7 Å². The maximum Gasteiger partial charge on any atom is 0.309 e. The lowest BCUT2D eigenvalue weighted by molar-refractivity contribution is -0.144. The Morgan fingerprint density at radius 2 is 2.00 bits per heavy atom. The van der Waals surface area contributed by atoms with Crippen LogP contribution in [-0.2, 0) is 19.4 Å². The Morgan fingerprint density at radius 1 is 1.55 bits per heavy atom. The third-order valence-electron chi connectivity index (χ3n) is 1.16. The second-order valence-corrected chi connectivity index (χ2v) is 4.70. The van der Waals surface area contributed by atoms with Gasteiger partial charge in [-0.3, -0.25) is 4.79 Å². The van der Waals surface area contributed by atoms with Crippen molar-refractivity contribution in [3.05, 3.63) is 0 Å². The minimum Gasteiger partial charge on any atom is -0.469 e. The van der Waals surface area contributed by atoms with E-state index in [-0.39, 0.29) is 5.75 Å². The summed E-state index contributed by atoms with van der Waals surface area (Å²) in [7, 11) is -1.84. The van der Waals surface area contributed by atoms with Crippen LogP contribution >= 0.6 is 0 Å². The molecule has 0 aliphatic carbocycles. The molecular formula is C6H12O4S. The number of carbonyl (C=O) groups excluding carboxylic acids is 1. The normalized spacial score (nSPS) is 14.1. The van der Waals surface area contributed by atoms with Gasteiger partial charge < -0.3 is 4.74 Å². The van der Waals surface area contributed by atoms with Crippen LogP contribution in [0.3, 0.4) is 0 Å². The average Bonchev–Trinajstić information content (AvgIpc) is 1.82. The molecule has 0 spiro atoms. The van der Waals surface area contributed by atoms with Gasteiger partial charge in [-0.25, -0.2) is 8.42 Å². The fourth-order valence-corrected chi connectivity index (χ4v) is 1.77. The van der Waals surface area contributed by atoms with Gasteiger partial charge in [0.2, 0.25) is 0 Å². The molecule has 5 heteroatoms. The van der Waals surface area contributed by atoms with Gasteiger partial charge in [-0.05, 0) is 0 Å². The number of methoxy groups -OCH3 is 1. The van der Waals surface area contributed by atoms with Gasteiger partial charge in [0.25, 0.3) is 0 Å². The smallest absolute Gasteiger partial charge is 0.309 e. The quantitative estimate of drug-likeness (QED) is 0.566. The van der Waals surface area contributed by atoms with Gasteiger partial charge in [0.1, 0.15) is 9.84 Å². The molecule has 0 aliphatic rings. The van der Waals surface area contributed by atoms with Crippen LogP contribution < -0.4 is 0 Å². The Balaban J connectivity index is 4.09. The number of rotatable bonds is 3. The molecule has 0 saturated heterocycles. The minimum absolute atomic E-state index is 0.153. The van der Waals surface area contributed by atoms with Crippen molar-refractivity contribution in [2.45, 2.75) is 6.92 Å². The molecule has 0 N–H and O–H groups in total. The van der Waals surface area contributed by atoms with Crippen LogP contribution in [-0.4, -0.2) is 33.5 Å². The first-order valence-corrected chi connectivity index (χ1v) is 5.18. The van der Waals surface area contributed by atoms with Crippen LogP contribution in [0.4, 0.5) is 0 Å². The lowest BCUT2D eigenvalue weighted by Crippen LogP contribution is -2.21. The molecular weight excluding hydrogens is 168 g/mol. The summed E-state index contributed by atoms with van der Waals surface area (Å²) in [6, 6.07) is 0. The highest BCUT2D eigenvalue weighted by Crippen LogP contribution is 2.01. The van der Waals surface area contributed by atoms with Gasteiger partial charge >= 0.3 is 5.97 Å². The average molecular weight is 180 g/mol. The Kier molecular flexibility index (Phi) is 3.51. The lowest BCUT2D eigenvalue weighted by Gasteiger charge is -2.05. The predicted molar refractivity (Wildman–Crippen MR) is 40.9 cm³/mol. The second-order valence-electron chi connectivity index (χ2n) is 2.52. The maximum atomic E-state index is 10.7. The largest absolute Gasteiger partial charge is 0.469 e. The lowest BCUT2D eigenvalue weighted by atomic mass is 10.2. The molecule has 1 unspecified atom stereocenters. The Bertz CT molecular complexity index is 229. The molecule has 4 nitrogen and oxygen atoms in total. The van der Waals surface area contributed by atoms with Crippen LogP contribution in [0.5, 0.6) is 0 Å². The van der Waals surface area contributed by atoms with E-state index in [4.69, 9.17) is 0 Å². The van der Waals surface area contributed by atoms with E-state index in [1.54, 1.807) is 0 Å². The SMILES string of the molecule is COC(=O)C(C)CS(C)(=O)=O. The molecule has 0 saturated carbocycles. The van der Waals surface area contributed by atoms with Crippen LogP contribution in [0, 0.1) is 5.92 Å². The number of hydrogen-bond acceptors (Lipinski definition) is 4. The number of sulfone groups is 1.